The number of hydrogen-bond acceptors (Lipinski definition) is 7. The Morgan fingerprint density at radius 1 is 1.03 bits per heavy atom. The van der Waals surface area contributed by atoms with Gasteiger partial charge in [0.15, 0.2) is 0 Å². The minimum atomic E-state index is -0.379. The lowest BCUT2D eigenvalue weighted by Gasteiger charge is -2.23. The summed E-state index contributed by atoms with van der Waals surface area (Å²) in [5, 5.41) is 18.0. The van der Waals surface area contributed by atoms with Crippen LogP contribution in [-0.2, 0) is 0 Å². The lowest BCUT2D eigenvalue weighted by atomic mass is 9.96. The summed E-state index contributed by atoms with van der Waals surface area (Å²) in [6, 6.07) is 12.8. The molecule has 0 unspecified atom stereocenters. The van der Waals surface area contributed by atoms with Gasteiger partial charge in [0.1, 0.15) is 5.82 Å². The first-order valence-electron chi connectivity index (χ1n) is 10.2. The lowest BCUT2D eigenvalue weighted by molar-refractivity contribution is -0.385. The zero-order valence-corrected chi connectivity index (χ0v) is 16.8. The summed E-state index contributed by atoms with van der Waals surface area (Å²) < 4.78 is 0. The van der Waals surface area contributed by atoms with E-state index in [0.717, 1.165) is 18.5 Å². The van der Waals surface area contributed by atoms with Crippen molar-refractivity contribution in [2.24, 2.45) is 0 Å². The van der Waals surface area contributed by atoms with E-state index in [1.54, 1.807) is 25.3 Å². The molecule has 4 rings (SSSR count). The summed E-state index contributed by atoms with van der Waals surface area (Å²) in [7, 11) is 0. The molecule has 1 saturated carbocycles. The van der Waals surface area contributed by atoms with Gasteiger partial charge in [0.25, 0.3) is 5.69 Å². The zero-order chi connectivity index (χ0) is 20.9. The summed E-state index contributed by atoms with van der Waals surface area (Å²) in [4.78, 5) is 24.6. The highest BCUT2D eigenvalue weighted by Crippen LogP contribution is 2.29. The Hall–Kier alpha value is -3.55. The van der Waals surface area contributed by atoms with E-state index in [2.05, 4.69) is 25.6 Å². The molecule has 0 bridgehead atoms. The highest BCUT2D eigenvalue weighted by atomic mass is 16.6. The van der Waals surface area contributed by atoms with Crippen LogP contribution in [0.5, 0.6) is 0 Å². The van der Waals surface area contributed by atoms with Gasteiger partial charge in [-0.2, -0.15) is 4.98 Å². The molecule has 1 aliphatic carbocycles. The first-order valence-corrected chi connectivity index (χ1v) is 10.2. The van der Waals surface area contributed by atoms with Crippen molar-refractivity contribution in [1.29, 1.82) is 0 Å². The monoisotopic (exact) mass is 404 g/mol. The molecule has 1 aromatic carbocycles. The Morgan fingerprint density at radius 3 is 2.60 bits per heavy atom. The van der Waals surface area contributed by atoms with Crippen LogP contribution in [0.25, 0.3) is 11.4 Å². The van der Waals surface area contributed by atoms with Crippen LogP contribution in [0.15, 0.2) is 48.7 Å². The van der Waals surface area contributed by atoms with Crippen molar-refractivity contribution in [2.45, 2.75) is 45.1 Å². The fourth-order valence-electron chi connectivity index (χ4n) is 3.75. The molecule has 2 N–H and O–H groups in total. The van der Waals surface area contributed by atoms with Gasteiger partial charge in [0, 0.05) is 30.1 Å². The maximum Gasteiger partial charge on any atom is 0.274 e. The molecular weight excluding hydrogens is 380 g/mol. The first-order chi connectivity index (χ1) is 14.6. The maximum absolute atomic E-state index is 11.3. The first kappa shape index (κ1) is 19.8. The second-order valence-electron chi connectivity index (χ2n) is 7.49. The van der Waals surface area contributed by atoms with Crippen LogP contribution in [-0.4, -0.2) is 25.9 Å². The molecule has 0 atom stereocenters. The summed E-state index contributed by atoms with van der Waals surface area (Å²) in [5.41, 5.74) is 2.69. The van der Waals surface area contributed by atoms with E-state index in [-0.39, 0.29) is 10.6 Å². The predicted molar refractivity (Wildman–Crippen MR) is 117 cm³/mol. The van der Waals surface area contributed by atoms with Gasteiger partial charge < -0.3 is 10.6 Å². The van der Waals surface area contributed by atoms with Gasteiger partial charge in [-0.15, -0.1) is 0 Å². The summed E-state index contributed by atoms with van der Waals surface area (Å²) in [6.45, 7) is 1.72. The van der Waals surface area contributed by atoms with Crippen molar-refractivity contribution in [2.75, 3.05) is 10.6 Å². The molecule has 0 aliphatic heterocycles. The molecule has 8 nitrogen and oxygen atoms in total. The Morgan fingerprint density at radius 2 is 1.87 bits per heavy atom. The molecule has 30 heavy (non-hydrogen) atoms. The fraction of sp³-hybridized carbons (Fsp3) is 0.318. The van der Waals surface area contributed by atoms with Crippen LogP contribution in [0, 0.1) is 17.0 Å². The number of nitro groups is 1. The van der Waals surface area contributed by atoms with Crippen molar-refractivity contribution in [3.8, 4) is 11.4 Å². The Kier molecular flexibility index (Phi) is 5.83. The van der Waals surface area contributed by atoms with E-state index in [4.69, 9.17) is 0 Å². The van der Waals surface area contributed by atoms with E-state index < -0.39 is 0 Å². The Bertz CT molecular complexity index is 1040. The molecule has 3 aromatic rings. The third-order valence-corrected chi connectivity index (χ3v) is 5.36. The standard InChI is InChI=1S/C22H24N6O2/c1-15-17(11-7-12-20(15)28(29)30)25-21-14-19(18-10-5-6-13-23-18)26-22(27-21)24-16-8-3-2-4-9-16/h5-7,10-14,16H,2-4,8-9H2,1H3,(H2,24,25,26,27). The van der Waals surface area contributed by atoms with Gasteiger partial charge >= 0.3 is 0 Å². The van der Waals surface area contributed by atoms with Crippen molar-refractivity contribution in [1.82, 2.24) is 15.0 Å². The van der Waals surface area contributed by atoms with Crippen LogP contribution in [0.3, 0.4) is 0 Å². The van der Waals surface area contributed by atoms with Crippen molar-refractivity contribution in [3.63, 3.8) is 0 Å². The van der Waals surface area contributed by atoms with Crippen LogP contribution in [0.1, 0.15) is 37.7 Å². The average molecular weight is 404 g/mol. The molecule has 1 aliphatic rings. The number of pyridine rings is 1. The highest BCUT2D eigenvalue weighted by molar-refractivity contribution is 5.69. The largest absolute Gasteiger partial charge is 0.351 e. The Balaban J connectivity index is 1.69. The topological polar surface area (TPSA) is 106 Å². The van der Waals surface area contributed by atoms with E-state index in [9.17, 15) is 10.1 Å². The summed E-state index contributed by atoms with van der Waals surface area (Å²) in [5.74, 6) is 1.10. The second-order valence-corrected chi connectivity index (χ2v) is 7.49. The number of nitrogens with one attached hydrogen (secondary N) is 2. The maximum atomic E-state index is 11.3. The molecule has 8 heteroatoms. The molecule has 0 amide bonds. The number of rotatable bonds is 6. The number of anilines is 3. The molecule has 2 heterocycles. The molecule has 1 fully saturated rings. The van der Waals surface area contributed by atoms with Crippen LogP contribution in [0.4, 0.5) is 23.1 Å². The molecule has 2 aromatic heterocycles. The lowest BCUT2D eigenvalue weighted by Crippen LogP contribution is -2.23. The van der Waals surface area contributed by atoms with Gasteiger partial charge in [-0.05, 0) is 38.0 Å². The van der Waals surface area contributed by atoms with Crippen LogP contribution < -0.4 is 10.6 Å². The van der Waals surface area contributed by atoms with E-state index in [1.807, 2.05) is 24.3 Å². The van der Waals surface area contributed by atoms with E-state index in [1.165, 1.54) is 25.3 Å². The van der Waals surface area contributed by atoms with Gasteiger partial charge in [-0.3, -0.25) is 15.1 Å². The van der Waals surface area contributed by atoms with Crippen LogP contribution >= 0.6 is 0 Å². The summed E-state index contributed by atoms with van der Waals surface area (Å²) in [6.07, 6.45) is 7.61. The molecule has 0 saturated heterocycles. The molecule has 154 valence electrons. The quantitative estimate of drug-likeness (QED) is 0.427. The SMILES string of the molecule is Cc1c(Nc2cc(-c3ccccn3)nc(NC3CCCCC3)n2)cccc1[N+](=O)[O-]. The summed E-state index contributed by atoms with van der Waals surface area (Å²) >= 11 is 0. The van der Waals surface area contributed by atoms with Crippen molar-refractivity contribution >= 4 is 23.1 Å². The average Bonchev–Trinajstić information content (AvgIpc) is 2.76. The van der Waals surface area contributed by atoms with Gasteiger partial charge in [0.2, 0.25) is 5.95 Å². The van der Waals surface area contributed by atoms with E-state index >= 15 is 0 Å². The van der Waals surface area contributed by atoms with Crippen molar-refractivity contribution < 1.29 is 4.92 Å². The molecular formula is C22H24N6O2. The van der Waals surface area contributed by atoms with Gasteiger partial charge in [-0.25, -0.2) is 4.98 Å². The smallest absolute Gasteiger partial charge is 0.274 e. The van der Waals surface area contributed by atoms with Crippen LogP contribution in [0.2, 0.25) is 0 Å². The highest BCUT2D eigenvalue weighted by Gasteiger charge is 2.17. The fourth-order valence-corrected chi connectivity index (χ4v) is 3.75. The number of nitrogens with zero attached hydrogens (tertiary/aromatic N) is 4. The number of nitro benzene ring substituents is 1. The van der Waals surface area contributed by atoms with Crippen molar-refractivity contribution in [3.05, 3.63) is 64.3 Å². The number of benzene rings is 1. The van der Waals surface area contributed by atoms with E-state index in [0.29, 0.717) is 34.8 Å². The number of aromatic nitrogens is 3. The Labute approximate surface area is 175 Å². The minimum Gasteiger partial charge on any atom is -0.351 e. The van der Waals surface area contributed by atoms with Gasteiger partial charge in [-0.1, -0.05) is 31.4 Å². The molecule has 0 radical (unpaired) electrons. The zero-order valence-electron chi connectivity index (χ0n) is 16.8. The molecule has 0 spiro atoms. The predicted octanol–water partition coefficient (Wildman–Crippen LogP) is 5.24. The minimum absolute atomic E-state index is 0.0690. The normalized spacial score (nSPS) is 14.3. The number of hydrogen-bond donors (Lipinski definition) is 2. The third-order valence-electron chi connectivity index (χ3n) is 5.36. The third kappa shape index (κ3) is 4.53. The second kappa shape index (κ2) is 8.86. The van der Waals surface area contributed by atoms with Gasteiger partial charge in [0.05, 0.1) is 21.9 Å².